The SMILES string of the molecule is CC(C)C(=O)C[C@H](C(=O)O)c1ccccc1. The van der Waals surface area contributed by atoms with Crippen LogP contribution in [0, 0.1) is 5.92 Å². The first-order valence-corrected chi connectivity index (χ1v) is 5.33. The summed E-state index contributed by atoms with van der Waals surface area (Å²) in [5.74, 6) is -1.81. The molecule has 1 rings (SSSR count). The molecular weight excluding hydrogens is 204 g/mol. The Balaban J connectivity index is 2.85. The van der Waals surface area contributed by atoms with Gasteiger partial charge in [-0.3, -0.25) is 9.59 Å². The van der Waals surface area contributed by atoms with E-state index in [2.05, 4.69) is 0 Å². The number of Topliss-reactive ketones (excluding diaryl/α,β-unsaturated/α-hetero) is 1. The molecule has 0 aliphatic rings. The molecule has 1 aromatic rings. The van der Waals surface area contributed by atoms with E-state index in [4.69, 9.17) is 5.11 Å². The molecule has 1 aromatic carbocycles. The van der Waals surface area contributed by atoms with Gasteiger partial charge in [0.05, 0.1) is 5.92 Å². The van der Waals surface area contributed by atoms with Crippen molar-refractivity contribution in [2.24, 2.45) is 5.92 Å². The molecule has 0 spiro atoms. The van der Waals surface area contributed by atoms with Crippen LogP contribution < -0.4 is 0 Å². The van der Waals surface area contributed by atoms with Crippen molar-refractivity contribution in [2.75, 3.05) is 0 Å². The van der Waals surface area contributed by atoms with Crippen LogP contribution in [0.4, 0.5) is 0 Å². The van der Waals surface area contributed by atoms with Crippen LogP contribution in [0.25, 0.3) is 0 Å². The number of ketones is 1. The van der Waals surface area contributed by atoms with E-state index >= 15 is 0 Å². The topological polar surface area (TPSA) is 54.4 Å². The van der Waals surface area contributed by atoms with E-state index < -0.39 is 11.9 Å². The molecular formula is C13H16O3. The van der Waals surface area contributed by atoms with Gasteiger partial charge in [-0.1, -0.05) is 44.2 Å². The molecule has 0 amide bonds. The lowest BCUT2D eigenvalue weighted by Crippen LogP contribution is -2.18. The minimum atomic E-state index is -0.944. The second-order valence-electron chi connectivity index (χ2n) is 4.13. The van der Waals surface area contributed by atoms with Crippen molar-refractivity contribution < 1.29 is 14.7 Å². The van der Waals surface area contributed by atoms with Crippen molar-refractivity contribution in [1.29, 1.82) is 0 Å². The highest BCUT2D eigenvalue weighted by molar-refractivity contribution is 5.87. The first-order chi connectivity index (χ1) is 7.52. The molecule has 3 heteroatoms. The predicted octanol–water partition coefficient (Wildman–Crippen LogP) is 2.47. The van der Waals surface area contributed by atoms with Gasteiger partial charge in [0.2, 0.25) is 0 Å². The highest BCUT2D eigenvalue weighted by Crippen LogP contribution is 2.21. The number of carboxylic acids is 1. The lowest BCUT2D eigenvalue weighted by atomic mass is 9.90. The third-order valence-electron chi connectivity index (χ3n) is 2.55. The van der Waals surface area contributed by atoms with Crippen molar-refractivity contribution in [1.82, 2.24) is 0 Å². The Labute approximate surface area is 95.1 Å². The number of aliphatic carboxylic acids is 1. The third-order valence-corrected chi connectivity index (χ3v) is 2.55. The fraction of sp³-hybridized carbons (Fsp3) is 0.385. The monoisotopic (exact) mass is 220 g/mol. The maximum atomic E-state index is 11.6. The lowest BCUT2D eigenvalue weighted by molar-refractivity contribution is -0.140. The summed E-state index contributed by atoms with van der Waals surface area (Å²) >= 11 is 0. The van der Waals surface area contributed by atoms with E-state index in [1.165, 1.54) is 0 Å². The van der Waals surface area contributed by atoms with Gasteiger partial charge in [-0.25, -0.2) is 0 Å². The van der Waals surface area contributed by atoms with Crippen LogP contribution >= 0.6 is 0 Å². The zero-order chi connectivity index (χ0) is 12.1. The molecule has 0 fully saturated rings. The van der Waals surface area contributed by atoms with Gasteiger partial charge in [0.15, 0.2) is 0 Å². The Morgan fingerprint density at radius 1 is 1.19 bits per heavy atom. The van der Waals surface area contributed by atoms with E-state index in [9.17, 15) is 9.59 Å². The first-order valence-electron chi connectivity index (χ1n) is 5.33. The number of carbonyl (C=O) groups excluding carboxylic acids is 1. The van der Waals surface area contributed by atoms with Gasteiger partial charge in [-0.2, -0.15) is 0 Å². The summed E-state index contributed by atoms with van der Waals surface area (Å²) in [6, 6.07) is 8.88. The summed E-state index contributed by atoms with van der Waals surface area (Å²) in [5.41, 5.74) is 0.684. The number of rotatable bonds is 5. The van der Waals surface area contributed by atoms with Crippen LogP contribution in [-0.2, 0) is 9.59 Å². The van der Waals surface area contributed by atoms with Crippen LogP contribution in [0.3, 0.4) is 0 Å². The van der Waals surface area contributed by atoms with Gasteiger partial charge in [0.25, 0.3) is 0 Å². The molecule has 16 heavy (non-hydrogen) atoms. The molecule has 0 aliphatic heterocycles. The van der Waals surface area contributed by atoms with Crippen LogP contribution in [0.15, 0.2) is 30.3 Å². The molecule has 0 aliphatic carbocycles. The second-order valence-corrected chi connectivity index (χ2v) is 4.13. The van der Waals surface area contributed by atoms with Gasteiger partial charge in [0, 0.05) is 12.3 Å². The summed E-state index contributed by atoms with van der Waals surface area (Å²) in [6.07, 6.45) is 0.0665. The zero-order valence-electron chi connectivity index (χ0n) is 9.51. The van der Waals surface area contributed by atoms with Gasteiger partial charge in [0.1, 0.15) is 5.78 Å². The van der Waals surface area contributed by atoms with Crippen LogP contribution in [0.2, 0.25) is 0 Å². The Kier molecular flexibility index (Phi) is 4.23. The van der Waals surface area contributed by atoms with Crippen molar-refractivity contribution >= 4 is 11.8 Å². The molecule has 1 atom stereocenters. The molecule has 3 nitrogen and oxygen atoms in total. The Morgan fingerprint density at radius 2 is 1.75 bits per heavy atom. The van der Waals surface area contributed by atoms with E-state index in [1.807, 2.05) is 6.07 Å². The van der Waals surface area contributed by atoms with Crippen molar-refractivity contribution in [2.45, 2.75) is 26.2 Å². The van der Waals surface area contributed by atoms with Crippen molar-refractivity contribution in [3.8, 4) is 0 Å². The molecule has 1 N–H and O–H groups in total. The second kappa shape index (κ2) is 5.45. The highest BCUT2D eigenvalue weighted by Gasteiger charge is 2.23. The molecule has 0 unspecified atom stereocenters. The van der Waals surface area contributed by atoms with E-state index in [1.54, 1.807) is 38.1 Å². The van der Waals surface area contributed by atoms with Crippen LogP contribution in [0.1, 0.15) is 31.7 Å². The van der Waals surface area contributed by atoms with Gasteiger partial charge < -0.3 is 5.11 Å². The minimum Gasteiger partial charge on any atom is -0.481 e. The third kappa shape index (κ3) is 3.19. The van der Waals surface area contributed by atoms with Crippen LogP contribution in [0.5, 0.6) is 0 Å². The summed E-state index contributed by atoms with van der Waals surface area (Å²) in [6.45, 7) is 3.57. The number of carboxylic acid groups (broad SMARTS) is 1. The zero-order valence-corrected chi connectivity index (χ0v) is 9.51. The fourth-order valence-electron chi connectivity index (χ4n) is 1.47. The lowest BCUT2D eigenvalue weighted by Gasteiger charge is -2.13. The average Bonchev–Trinajstić information content (AvgIpc) is 2.26. The summed E-state index contributed by atoms with van der Waals surface area (Å²) in [4.78, 5) is 22.7. The quantitative estimate of drug-likeness (QED) is 0.829. The van der Waals surface area contributed by atoms with Gasteiger partial charge in [-0.05, 0) is 5.56 Å². The number of carbonyl (C=O) groups is 2. The molecule has 0 heterocycles. The predicted molar refractivity (Wildman–Crippen MR) is 61.3 cm³/mol. The van der Waals surface area contributed by atoms with E-state index in [0.717, 1.165) is 0 Å². The number of hydrogen-bond donors (Lipinski definition) is 1. The van der Waals surface area contributed by atoms with Gasteiger partial charge >= 0.3 is 5.97 Å². The average molecular weight is 220 g/mol. The maximum Gasteiger partial charge on any atom is 0.311 e. The molecule has 0 saturated heterocycles. The summed E-state index contributed by atoms with van der Waals surface area (Å²) in [7, 11) is 0. The number of hydrogen-bond acceptors (Lipinski definition) is 2. The Bertz CT molecular complexity index is 368. The highest BCUT2D eigenvalue weighted by atomic mass is 16.4. The summed E-state index contributed by atoms with van der Waals surface area (Å²) < 4.78 is 0. The van der Waals surface area contributed by atoms with E-state index in [-0.39, 0.29) is 18.1 Å². The van der Waals surface area contributed by atoms with Crippen LogP contribution in [-0.4, -0.2) is 16.9 Å². The molecule has 0 aromatic heterocycles. The van der Waals surface area contributed by atoms with Crippen molar-refractivity contribution in [3.63, 3.8) is 0 Å². The molecule has 86 valence electrons. The minimum absolute atomic E-state index is 0.0174. The largest absolute Gasteiger partial charge is 0.481 e. The van der Waals surface area contributed by atoms with Gasteiger partial charge in [-0.15, -0.1) is 0 Å². The standard InChI is InChI=1S/C13H16O3/c1-9(2)12(14)8-11(13(15)16)10-6-4-3-5-7-10/h3-7,9,11H,8H2,1-2H3,(H,15,16)/t11-/m0/s1. The molecule has 0 radical (unpaired) electrons. The smallest absolute Gasteiger partial charge is 0.311 e. The molecule has 0 bridgehead atoms. The fourth-order valence-corrected chi connectivity index (χ4v) is 1.47. The number of benzene rings is 1. The first kappa shape index (κ1) is 12.4. The summed E-state index contributed by atoms with van der Waals surface area (Å²) in [5, 5.41) is 9.11. The Hall–Kier alpha value is -1.64. The Morgan fingerprint density at radius 3 is 2.19 bits per heavy atom. The molecule has 0 saturated carbocycles. The van der Waals surface area contributed by atoms with E-state index in [0.29, 0.717) is 5.56 Å². The maximum absolute atomic E-state index is 11.6. The van der Waals surface area contributed by atoms with Crippen molar-refractivity contribution in [3.05, 3.63) is 35.9 Å². The normalized spacial score (nSPS) is 12.4.